The molecular weight excluding hydrogens is 360 g/mol. The van der Waals surface area contributed by atoms with Crippen molar-refractivity contribution in [3.63, 3.8) is 0 Å². The molecule has 0 spiro atoms. The third-order valence-electron chi connectivity index (χ3n) is 8.49. The van der Waals surface area contributed by atoms with E-state index in [0.717, 1.165) is 30.5 Å². The molecule has 2 saturated carbocycles. The summed E-state index contributed by atoms with van der Waals surface area (Å²) in [6, 6.07) is 14.5. The van der Waals surface area contributed by atoms with E-state index in [0.29, 0.717) is 6.42 Å². The molecule has 2 unspecified atom stereocenters. The quantitative estimate of drug-likeness (QED) is 0.640. The largest absolute Gasteiger partial charge is 0.341 e. The van der Waals surface area contributed by atoms with Gasteiger partial charge in [-0.3, -0.25) is 9.59 Å². The number of Topliss-reactive ketones (excluding diaryl/α,β-unsaturated/α-hetero) is 1. The molecule has 2 bridgehead atoms. The van der Waals surface area contributed by atoms with Crippen LogP contribution in [-0.4, -0.2) is 16.3 Å². The predicted molar refractivity (Wildman–Crippen MR) is 117 cm³/mol. The number of hydrogen-bond donors (Lipinski definition) is 1. The van der Waals surface area contributed by atoms with Crippen LogP contribution in [0.3, 0.4) is 0 Å². The second kappa shape index (κ2) is 5.71. The van der Waals surface area contributed by atoms with Crippen LogP contribution in [0.25, 0.3) is 21.8 Å². The van der Waals surface area contributed by atoms with E-state index in [2.05, 4.69) is 67.1 Å². The number of nitrogens with zero attached hydrogens (tertiary/aromatic N) is 1. The third kappa shape index (κ3) is 2.09. The van der Waals surface area contributed by atoms with Gasteiger partial charge in [-0.1, -0.05) is 39.0 Å². The van der Waals surface area contributed by atoms with E-state index in [1.165, 1.54) is 16.4 Å². The van der Waals surface area contributed by atoms with Gasteiger partial charge >= 0.3 is 0 Å². The molecule has 2 aliphatic carbocycles. The monoisotopic (exact) mass is 388 g/mol. The number of aromatic nitrogens is 1. The first-order valence-electron chi connectivity index (χ1n) is 10.6. The minimum absolute atomic E-state index is 0.00402. The van der Waals surface area contributed by atoms with E-state index >= 15 is 0 Å². The average Bonchev–Trinajstić information content (AvgIpc) is 3.18. The summed E-state index contributed by atoms with van der Waals surface area (Å²) < 4.78 is 2.30. The highest BCUT2D eigenvalue weighted by Crippen LogP contribution is 2.70. The maximum Gasteiger partial charge on any atom is 0.231 e. The molecule has 29 heavy (non-hydrogen) atoms. The number of fused-ring (bicyclic) bond motifs is 5. The maximum absolute atomic E-state index is 13.5. The van der Waals surface area contributed by atoms with Gasteiger partial charge in [-0.2, -0.15) is 0 Å². The first-order valence-corrected chi connectivity index (χ1v) is 10.6. The molecular formula is C25H28N2O2. The normalized spacial score (nSPS) is 27.8. The molecule has 1 N–H and O–H groups in total. The first-order chi connectivity index (χ1) is 13.7. The van der Waals surface area contributed by atoms with E-state index in [1.54, 1.807) is 0 Å². The predicted octanol–water partition coefficient (Wildman–Crippen LogP) is 5.54. The summed E-state index contributed by atoms with van der Waals surface area (Å²) in [5.41, 5.74) is 1.87. The molecule has 1 aromatic heterocycles. The van der Waals surface area contributed by atoms with Gasteiger partial charge in [0.1, 0.15) is 5.78 Å². The molecule has 1 heterocycles. The zero-order chi connectivity index (χ0) is 20.6. The zero-order valence-corrected chi connectivity index (χ0v) is 17.6. The van der Waals surface area contributed by atoms with Crippen LogP contribution < -0.4 is 5.32 Å². The summed E-state index contributed by atoms with van der Waals surface area (Å²) in [7, 11) is 0. The Morgan fingerprint density at radius 3 is 2.41 bits per heavy atom. The van der Waals surface area contributed by atoms with Gasteiger partial charge in [0.25, 0.3) is 0 Å². The molecule has 2 aromatic carbocycles. The second-order valence-corrected chi connectivity index (χ2v) is 9.59. The van der Waals surface area contributed by atoms with Gasteiger partial charge in [-0.25, -0.2) is 0 Å². The van der Waals surface area contributed by atoms with Crippen molar-refractivity contribution in [3.05, 3.63) is 42.5 Å². The number of ketones is 1. The van der Waals surface area contributed by atoms with Crippen molar-refractivity contribution < 1.29 is 9.59 Å². The smallest absolute Gasteiger partial charge is 0.231 e. The molecule has 4 nitrogen and oxygen atoms in total. The van der Waals surface area contributed by atoms with Crippen LogP contribution in [0.15, 0.2) is 42.5 Å². The van der Waals surface area contributed by atoms with Crippen molar-refractivity contribution in [3.8, 4) is 0 Å². The number of carbonyl (C=O) groups excluding carboxylic acids is 2. The first kappa shape index (κ1) is 18.4. The summed E-state index contributed by atoms with van der Waals surface area (Å²) in [6.45, 7) is 9.29. The Morgan fingerprint density at radius 1 is 1.03 bits per heavy atom. The summed E-state index contributed by atoms with van der Waals surface area (Å²) >= 11 is 0. The van der Waals surface area contributed by atoms with E-state index in [9.17, 15) is 9.59 Å². The Labute approximate surface area is 171 Å². The summed E-state index contributed by atoms with van der Waals surface area (Å²) in [5, 5.41) is 5.53. The molecule has 1 amide bonds. The molecule has 3 aromatic rings. The average molecular weight is 389 g/mol. The molecule has 2 aliphatic rings. The Morgan fingerprint density at radius 2 is 1.76 bits per heavy atom. The lowest BCUT2D eigenvalue weighted by Crippen LogP contribution is -2.43. The van der Waals surface area contributed by atoms with Crippen LogP contribution in [0.1, 0.15) is 47.0 Å². The van der Waals surface area contributed by atoms with Crippen molar-refractivity contribution in [2.24, 2.45) is 16.2 Å². The maximum atomic E-state index is 13.5. The Bertz CT molecular complexity index is 1190. The van der Waals surface area contributed by atoms with E-state index in [4.69, 9.17) is 0 Å². The van der Waals surface area contributed by atoms with Crippen molar-refractivity contribution in [1.82, 2.24) is 4.57 Å². The topological polar surface area (TPSA) is 51.1 Å². The second-order valence-electron chi connectivity index (χ2n) is 9.59. The van der Waals surface area contributed by atoms with E-state index in [1.807, 2.05) is 13.0 Å². The number of anilines is 1. The Balaban J connectivity index is 1.55. The third-order valence-corrected chi connectivity index (χ3v) is 8.49. The highest BCUT2D eigenvalue weighted by atomic mass is 16.2. The van der Waals surface area contributed by atoms with Gasteiger partial charge in [-0.05, 0) is 49.4 Å². The lowest BCUT2D eigenvalue weighted by Gasteiger charge is -2.38. The van der Waals surface area contributed by atoms with Crippen LogP contribution in [0.2, 0.25) is 0 Å². The summed E-state index contributed by atoms with van der Waals surface area (Å²) in [4.78, 5) is 26.2. The number of amides is 1. The molecule has 2 fully saturated rings. The molecule has 5 rings (SSSR count). The van der Waals surface area contributed by atoms with Gasteiger partial charge in [0.05, 0.1) is 5.41 Å². The van der Waals surface area contributed by atoms with Gasteiger partial charge in [0.2, 0.25) is 5.91 Å². The van der Waals surface area contributed by atoms with Crippen molar-refractivity contribution in [2.75, 3.05) is 5.32 Å². The Kier molecular flexibility index (Phi) is 3.63. The van der Waals surface area contributed by atoms with Crippen LogP contribution in [0.5, 0.6) is 0 Å². The standard InChI is InChI=1S/C25H28N2O2/c1-5-27-19-9-7-6-8-17(19)18-14-16(10-11-20(18)27)26-22(29)25-13-12-24(4,21(28)15-25)23(25,2)3/h6-11,14H,5,12-13,15H2,1-4H3,(H,26,29). The molecule has 0 aliphatic heterocycles. The van der Waals surface area contributed by atoms with Gasteiger partial charge < -0.3 is 9.88 Å². The lowest BCUT2D eigenvalue weighted by molar-refractivity contribution is -0.131. The number of nitrogens with one attached hydrogen (secondary N) is 1. The highest BCUT2D eigenvalue weighted by molar-refractivity contribution is 6.10. The van der Waals surface area contributed by atoms with Crippen LogP contribution in [0, 0.1) is 16.2 Å². The fraction of sp³-hybridized carbons (Fsp3) is 0.440. The van der Waals surface area contributed by atoms with Gasteiger partial charge in [-0.15, -0.1) is 0 Å². The fourth-order valence-corrected chi connectivity index (χ4v) is 6.08. The zero-order valence-electron chi connectivity index (χ0n) is 17.6. The minimum Gasteiger partial charge on any atom is -0.341 e. The molecule has 0 radical (unpaired) electrons. The van der Waals surface area contributed by atoms with Gasteiger partial charge in [0, 0.05) is 45.9 Å². The van der Waals surface area contributed by atoms with Gasteiger partial charge in [0.15, 0.2) is 0 Å². The number of para-hydroxylation sites is 1. The Hall–Kier alpha value is -2.62. The van der Waals surface area contributed by atoms with Crippen molar-refractivity contribution >= 4 is 39.2 Å². The van der Waals surface area contributed by atoms with Crippen molar-refractivity contribution in [2.45, 2.75) is 53.5 Å². The lowest BCUT2D eigenvalue weighted by atomic mass is 9.64. The molecule has 2 atom stereocenters. The highest BCUT2D eigenvalue weighted by Gasteiger charge is 2.72. The minimum atomic E-state index is -0.606. The van der Waals surface area contributed by atoms with E-state index < -0.39 is 5.41 Å². The summed E-state index contributed by atoms with van der Waals surface area (Å²) in [5.74, 6) is 0.237. The number of carbonyl (C=O) groups is 2. The van der Waals surface area contributed by atoms with Crippen LogP contribution >= 0.6 is 0 Å². The van der Waals surface area contributed by atoms with Crippen LogP contribution in [-0.2, 0) is 16.1 Å². The fourth-order valence-electron chi connectivity index (χ4n) is 6.08. The van der Waals surface area contributed by atoms with Crippen molar-refractivity contribution in [1.29, 1.82) is 0 Å². The number of aryl methyl sites for hydroxylation is 1. The summed E-state index contributed by atoms with van der Waals surface area (Å²) in [6.07, 6.45) is 1.94. The van der Waals surface area contributed by atoms with Crippen LogP contribution in [0.4, 0.5) is 5.69 Å². The number of hydrogen-bond acceptors (Lipinski definition) is 2. The SMILES string of the molecule is CCn1c2ccccc2c2cc(NC(=O)C34CCC(C)(C(=O)C3)C4(C)C)ccc21. The molecule has 0 saturated heterocycles. The number of benzene rings is 2. The molecule has 4 heteroatoms. The molecule has 150 valence electrons. The number of rotatable bonds is 3. The van der Waals surface area contributed by atoms with E-state index in [-0.39, 0.29) is 22.5 Å².